The molecule has 36 heavy (non-hydrogen) atoms. The Labute approximate surface area is 205 Å². The Hall–Kier alpha value is -4.90. The summed E-state index contributed by atoms with van der Waals surface area (Å²) in [5.41, 5.74) is 4.99. The van der Waals surface area contributed by atoms with Crippen molar-refractivity contribution < 1.29 is 9.47 Å². The summed E-state index contributed by atoms with van der Waals surface area (Å²) in [6, 6.07) is 11.6. The summed E-state index contributed by atoms with van der Waals surface area (Å²) in [6.45, 7) is 2.50. The molecule has 0 radical (unpaired) electrons. The SMILES string of the molecule is C#Cc1cc(OC)c2c(n1)c1cc(Oc3cccc(C)n3)cc3c1c1c4c(ncnc4n(C)c21)NC3. The summed E-state index contributed by atoms with van der Waals surface area (Å²) in [4.78, 5) is 18.6. The number of hydrogen-bond donors (Lipinski definition) is 1. The van der Waals surface area contributed by atoms with Crippen LogP contribution in [-0.2, 0) is 13.6 Å². The van der Waals surface area contributed by atoms with Crippen molar-refractivity contribution in [3.8, 4) is 29.7 Å². The molecule has 0 unspecified atom stereocenters. The van der Waals surface area contributed by atoms with Gasteiger partial charge in [-0.25, -0.2) is 19.9 Å². The van der Waals surface area contributed by atoms with Crippen molar-refractivity contribution in [3.05, 3.63) is 59.7 Å². The minimum atomic E-state index is 0.500. The molecular weight excluding hydrogens is 452 g/mol. The number of fused-ring (bicyclic) bond motifs is 3. The fourth-order valence-corrected chi connectivity index (χ4v) is 5.33. The van der Waals surface area contributed by atoms with Gasteiger partial charge in [-0.15, -0.1) is 6.42 Å². The van der Waals surface area contributed by atoms with Gasteiger partial charge in [-0.1, -0.05) is 12.0 Å². The fraction of sp³-hybridized carbons (Fsp3) is 0.143. The number of nitrogens with one attached hydrogen (secondary N) is 1. The average molecular weight is 473 g/mol. The van der Waals surface area contributed by atoms with Crippen molar-refractivity contribution >= 4 is 49.4 Å². The van der Waals surface area contributed by atoms with E-state index in [4.69, 9.17) is 20.9 Å². The van der Waals surface area contributed by atoms with Crippen LogP contribution in [0.1, 0.15) is 17.0 Å². The number of terminal acetylenes is 1. The number of rotatable bonds is 3. The van der Waals surface area contributed by atoms with E-state index in [2.05, 4.69) is 30.8 Å². The molecule has 6 aromatic rings. The second-order valence-electron chi connectivity index (χ2n) is 8.86. The van der Waals surface area contributed by atoms with E-state index in [1.54, 1.807) is 19.5 Å². The van der Waals surface area contributed by atoms with E-state index in [9.17, 15) is 0 Å². The maximum absolute atomic E-state index is 6.24. The van der Waals surface area contributed by atoms with E-state index in [1.807, 2.05) is 44.3 Å². The van der Waals surface area contributed by atoms with Gasteiger partial charge in [0.25, 0.3) is 0 Å². The zero-order valence-corrected chi connectivity index (χ0v) is 19.9. The molecule has 1 aliphatic heterocycles. The van der Waals surface area contributed by atoms with Gasteiger partial charge in [0.05, 0.1) is 28.9 Å². The Morgan fingerprint density at radius 2 is 1.94 bits per heavy atom. The molecule has 4 aromatic heterocycles. The molecule has 0 aliphatic carbocycles. The molecule has 5 heterocycles. The first kappa shape index (κ1) is 20.5. The highest BCUT2D eigenvalue weighted by Gasteiger charge is 2.27. The molecule has 0 atom stereocenters. The number of methoxy groups -OCH3 is 1. The van der Waals surface area contributed by atoms with Crippen LogP contribution in [0.5, 0.6) is 17.4 Å². The van der Waals surface area contributed by atoms with Gasteiger partial charge in [-0.05, 0) is 36.1 Å². The second kappa shape index (κ2) is 7.30. The lowest BCUT2D eigenvalue weighted by atomic mass is 9.95. The number of hydrogen-bond acceptors (Lipinski definition) is 7. The Kier molecular flexibility index (Phi) is 4.15. The van der Waals surface area contributed by atoms with Crippen molar-refractivity contribution in [1.82, 2.24) is 24.5 Å². The summed E-state index contributed by atoms with van der Waals surface area (Å²) < 4.78 is 14.2. The van der Waals surface area contributed by atoms with Crippen LogP contribution in [0.3, 0.4) is 0 Å². The normalized spacial score (nSPS) is 12.4. The first-order valence-electron chi connectivity index (χ1n) is 11.5. The molecule has 1 N–H and O–H groups in total. The van der Waals surface area contributed by atoms with E-state index in [1.165, 1.54) is 0 Å². The molecule has 8 nitrogen and oxygen atoms in total. The number of aryl methyl sites for hydroxylation is 2. The number of pyridine rings is 2. The van der Waals surface area contributed by atoms with Gasteiger partial charge < -0.3 is 19.4 Å². The van der Waals surface area contributed by atoms with Crippen LogP contribution in [-0.4, -0.2) is 31.6 Å². The van der Waals surface area contributed by atoms with E-state index in [0.29, 0.717) is 29.6 Å². The second-order valence-corrected chi connectivity index (χ2v) is 8.86. The summed E-state index contributed by atoms with van der Waals surface area (Å²) in [7, 11) is 3.65. The van der Waals surface area contributed by atoms with Crippen LogP contribution in [0.25, 0.3) is 43.6 Å². The van der Waals surface area contributed by atoms with Crippen molar-refractivity contribution in [1.29, 1.82) is 0 Å². The minimum Gasteiger partial charge on any atom is -0.496 e. The summed E-state index contributed by atoms with van der Waals surface area (Å²) in [5, 5.41) is 8.37. The maximum atomic E-state index is 6.24. The molecule has 0 saturated carbocycles. The molecule has 7 rings (SSSR count). The smallest absolute Gasteiger partial charge is 0.219 e. The highest BCUT2D eigenvalue weighted by atomic mass is 16.5. The molecule has 1 aliphatic rings. The standard InChI is InChI=1S/C28H20N6O2/c1-5-16-10-19(35-4)22-25(33-16)18-11-17(36-20-8-6-7-14(2)32-20)9-15-12-29-27-24-23(21(15)18)26(22)34(3)28(24)31-13-30-27/h1,6-11,13H,12H2,2-4H3,(H,29,30,31). The van der Waals surface area contributed by atoms with Crippen LogP contribution in [0, 0.1) is 19.3 Å². The number of nitrogens with zero attached hydrogens (tertiary/aromatic N) is 5. The van der Waals surface area contributed by atoms with Crippen LogP contribution >= 0.6 is 0 Å². The van der Waals surface area contributed by atoms with Gasteiger partial charge in [-0.2, -0.15) is 0 Å². The Bertz CT molecular complexity index is 1950. The van der Waals surface area contributed by atoms with Crippen LogP contribution in [0.4, 0.5) is 5.82 Å². The Balaban J connectivity index is 1.70. The summed E-state index contributed by atoms with van der Waals surface area (Å²) in [6.07, 6.45) is 7.37. The predicted molar refractivity (Wildman–Crippen MR) is 140 cm³/mol. The van der Waals surface area contributed by atoms with Gasteiger partial charge in [0.15, 0.2) is 0 Å². The van der Waals surface area contributed by atoms with Gasteiger partial charge in [0.1, 0.15) is 35.0 Å². The molecule has 0 amide bonds. The lowest BCUT2D eigenvalue weighted by molar-refractivity contribution is 0.419. The molecule has 8 heteroatoms. The van der Waals surface area contributed by atoms with Gasteiger partial charge in [-0.3, -0.25) is 0 Å². The zero-order valence-electron chi connectivity index (χ0n) is 19.9. The van der Waals surface area contributed by atoms with Crippen LogP contribution < -0.4 is 14.8 Å². The van der Waals surface area contributed by atoms with Gasteiger partial charge in [0.2, 0.25) is 5.88 Å². The lowest BCUT2D eigenvalue weighted by Crippen LogP contribution is -2.03. The van der Waals surface area contributed by atoms with E-state index < -0.39 is 0 Å². The predicted octanol–water partition coefficient (Wildman–Crippen LogP) is 5.23. The van der Waals surface area contributed by atoms with Crippen LogP contribution in [0.15, 0.2) is 42.7 Å². The molecule has 0 saturated heterocycles. The third-order valence-electron chi connectivity index (χ3n) is 6.79. The molecule has 174 valence electrons. The van der Waals surface area contributed by atoms with E-state index in [0.717, 1.165) is 60.7 Å². The van der Waals surface area contributed by atoms with Gasteiger partial charge >= 0.3 is 0 Å². The van der Waals surface area contributed by atoms with E-state index >= 15 is 0 Å². The number of aromatic nitrogens is 5. The number of benzene rings is 2. The average Bonchev–Trinajstić information content (AvgIpc) is 3.08. The molecular formula is C28H20N6O2. The molecule has 0 spiro atoms. The number of ether oxygens (including phenoxy) is 2. The largest absolute Gasteiger partial charge is 0.496 e. The van der Waals surface area contributed by atoms with Crippen molar-refractivity contribution in [2.24, 2.45) is 7.05 Å². The third kappa shape index (κ3) is 2.71. The topological polar surface area (TPSA) is 87.0 Å². The van der Waals surface area contributed by atoms with Crippen LogP contribution in [0.2, 0.25) is 0 Å². The Morgan fingerprint density at radius 1 is 1.06 bits per heavy atom. The molecule has 0 bridgehead atoms. The monoisotopic (exact) mass is 472 g/mol. The van der Waals surface area contributed by atoms with Crippen molar-refractivity contribution in [3.63, 3.8) is 0 Å². The van der Waals surface area contributed by atoms with Crippen molar-refractivity contribution in [2.45, 2.75) is 13.5 Å². The summed E-state index contributed by atoms with van der Waals surface area (Å²) >= 11 is 0. The zero-order chi connectivity index (χ0) is 24.6. The summed E-state index contributed by atoms with van der Waals surface area (Å²) in [5.74, 6) is 5.30. The quantitative estimate of drug-likeness (QED) is 0.279. The molecule has 2 aromatic carbocycles. The fourth-order valence-electron chi connectivity index (χ4n) is 5.33. The first-order valence-corrected chi connectivity index (χ1v) is 11.5. The Morgan fingerprint density at radius 3 is 2.75 bits per heavy atom. The lowest BCUT2D eigenvalue weighted by Gasteiger charge is -2.16. The third-order valence-corrected chi connectivity index (χ3v) is 6.79. The highest BCUT2D eigenvalue weighted by Crippen LogP contribution is 2.47. The minimum absolute atomic E-state index is 0.500. The number of anilines is 1. The van der Waals surface area contributed by atoms with E-state index in [-0.39, 0.29) is 0 Å². The first-order chi connectivity index (χ1) is 17.6. The maximum Gasteiger partial charge on any atom is 0.219 e. The van der Waals surface area contributed by atoms with Crippen molar-refractivity contribution in [2.75, 3.05) is 12.4 Å². The molecule has 0 fully saturated rings. The van der Waals surface area contributed by atoms with Gasteiger partial charge in [0, 0.05) is 42.2 Å². The highest BCUT2D eigenvalue weighted by molar-refractivity contribution is 6.34.